The first-order chi connectivity index (χ1) is 13.1. The van der Waals surface area contributed by atoms with Gasteiger partial charge in [-0.1, -0.05) is 12.1 Å². The third kappa shape index (κ3) is 3.40. The maximum atomic E-state index is 14.2. The molecule has 0 saturated carbocycles. The lowest BCUT2D eigenvalue weighted by Gasteiger charge is -2.37. The van der Waals surface area contributed by atoms with E-state index in [1.54, 1.807) is 0 Å². The van der Waals surface area contributed by atoms with Crippen LogP contribution in [-0.2, 0) is 4.74 Å². The number of carbonyl (C=O) groups is 1. The van der Waals surface area contributed by atoms with Crippen molar-refractivity contribution in [3.63, 3.8) is 0 Å². The van der Waals surface area contributed by atoms with E-state index >= 15 is 0 Å². The minimum atomic E-state index is -5.82. The Balaban J connectivity index is 2.08. The number of halogens is 6. The van der Waals surface area contributed by atoms with Crippen molar-refractivity contribution in [1.82, 2.24) is 9.78 Å². The zero-order valence-corrected chi connectivity index (χ0v) is 14.4. The zero-order chi connectivity index (χ0) is 20.7. The number of hydrogen-bond donors (Lipinski definition) is 1. The number of aromatic nitrogens is 2. The predicted octanol–water partition coefficient (Wildman–Crippen LogP) is 4.49. The van der Waals surface area contributed by atoms with E-state index in [0.717, 1.165) is 18.3 Å². The average molecular weight is 407 g/mol. The maximum absolute atomic E-state index is 14.2. The molecule has 0 radical (unpaired) electrons. The molecule has 0 spiro atoms. The molecule has 0 amide bonds. The van der Waals surface area contributed by atoms with E-state index in [9.17, 15) is 31.1 Å². The largest absolute Gasteiger partial charge is 0.462 e. The van der Waals surface area contributed by atoms with Crippen molar-refractivity contribution in [2.45, 2.75) is 37.5 Å². The summed E-state index contributed by atoms with van der Waals surface area (Å²) in [5.74, 6) is -6.92. The van der Waals surface area contributed by atoms with Gasteiger partial charge in [0.05, 0.1) is 18.8 Å². The quantitative estimate of drug-likeness (QED) is 0.599. The van der Waals surface area contributed by atoms with Gasteiger partial charge in [-0.2, -0.15) is 27.1 Å². The molecule has 2 heterocycles. The van der Waals surface area contributed by atoms with Crippen LogP contribution in [0.3, 0.4) is 0 Å². The minimum absolute atomic E-state index is 0.0208. The van der Waals surface area contributed by atoms with Gasteiger partial charge >= 0.3 is 18.1 Å². The first kappa shape index (κ1) is 20.0. The Labute approximate surface area is 155 Å². The Morgan fingerprint density at radius 1 is 1.25 bits per heavy atom. The summed E-state index contributed by atoms with van der Waals surface area (Å²) in [5, 5.41) is 6.33. The van der Waals surface area contributed by atoms with Crippen molar-refractivity contribution in [1.29, 1.82) is 0 Å². The molecule has 3 rings (SSSR count). The van der Waals surface area contributed by atoms with Crippen LogP contribution in [0.4, 0.5) is 32.2 Å². The van der Waals surface area contributed by atoms with Crippen LogP contribution in [0, 0.1) is 5.82 Å². The number of ether oxygens (including phenoxy) is 1. The van der Waals surface area contributed by atoms with Crippen LogP contribution in [0.25, 0.3) is 0 Å². The van der Waals surface area contributed by atoms with Gasteiger partial charge in [0, 0.05) is 6.42 Å². The molecule has 0 fully saturated rings. The Hall–Kier alpha value is -2.72. The number of hydrogen-bond acceptors (Lipinski definition) is 4. The lowest BCUT2D eigenvalue weighted by Crippen LogP contribution is -2.47. The molecular formula is C17H15F6N3O2. The van der Waals surface area contributed by atoms with Crippen LogP contribution in [-0.4, -0.2) is 34.5 Å². The molecular weight excluding hydrogens is 392 g/mol. The van der Waals surface area contributed by atoms with E-state index in [0.29, 0.717) is 4.68 Å². The van der Waals surface area contributed by atoms with Gasteiger partial charge in [-0.05, 0) is 24.6 Å². The third-order valence-corrected chi connectivity index (χ3v) is 4.42. The maximum Gasteiger partial charge on any atom is 0.455 e. The predicted molar refractivity (Wildman–Crippen MR) is 85.6 cm³/mol. The number of nitrogens with one attached hydrogen (secondary N) is 1. The summed E-state index contributed by atoms with van der Waals surface area (Å²) in [6.45, 7) is 1.50. The lowest BCUT2D eigenvalue weighted by atomic mass is 9.93. The number of alkyl halides is 5. The molecule has 0 saturated heterocycles. The summed E-state index contributed by atoms with van der Waals surface area (Å²) in [4.78, 5) is 12.0. The molecule has 1 N–H and O–H groups in total. The summed E-state index contributed by atoms with van der Waals surface area (Å²) in [6.07, 6.45) is -5.63. The van der Waals surface area contributed by atoms with Crippen LogP contribution < -0.4 is 5.32 Å². The van der Waals surface area contributed by atoms with Gasteiger partial charge in [0.2, 0.25) is 0 Å². The second-order valence-corrected chi connectivity index (χ2v) is 6.19. The van der Waals surface area contributed by atoms with Crippen LogP contribution in [0.1, 0.15) is 41.3 Å². The van der Waals surface area contributed by atoms with Crippen LogP contribution in [0.15, 0.2) is 30.5 Å². The van der Waals surface area contributed by atoms with E-state index in [2.05, 4.69) is 10.4 Å². The number of carbonyl (C=O) groups excluding carboxylic acids is 1. The molecule has 0 bridgehead atoms. The van der Waals surface area contributed by atoms with Gasteiger partial charge in [-0.15, -0.1) is 0 Å². The highest BCUT2D eigenvalue weighted by Crippen LogP contribution is 2.50. The van der Waals surface area contributed by atoms with Gasteiger partial charge < -0.3 is 10.1 Å². The molecule has 0 aliphatic carbocycles. The monoisotopic (exact) mass is 407 g/mol. The summed E-state index contributed by atoms with van der Waals surface area (Å²) in [5.41, 5.74) is 0.0169. The Morgan fingerprint density at radius 2 is 1.89 bits per heavy atom. The van der Waals surface area contributed by atoms with E-state index in [-0.39, 0.29) is 23.6 Å². The molecule has 2 atom stereocenters. The van der Waals surface area contributed by atoms with Crippen molar-refractivity contribution in [2.24, 2.45) is 0 Å². The van der Waals surface area contributed by atoms with E-state index in [4.69, 9.17) is 4.74 Å². The Morgan fingerprint density at radius 3 is 2.46 bits per heavy atom. The van der Waals surface area contributed by atoms with Crippen LogP contribution in [0.2, 0.25) is 0 Å². The van der Waals surface area contributed by atoms with Crippen molar-refractivity contribution < 1.29 is 35.9 Å². The van der Waals surface area contributed by atoms with Gasteiger partial charge in [0.15, 0.2) is 0 Å². The third-order valence-electron chi connectivity index (χ3n) is 4.42. The fourth-order valence-electron chi connectivity index (χ4n) is 3.05. The molecule has 0 unspecified atom stereocenters. The number of fused-ring (bicyclic) bond motifs is 1. The molecule has 1 aromatic heterocycles. The first-order valence-corrected chi connectivity index (χ1v) is 8.27. The molecule has 2 aromatic rings. The highest BCUT2D eigenvalue weighted by Gasteiger charge is 2.64. The number of nitrogens with zero attached hydrogens (tertiary/aromatic N) is 2. The molecule has 11 heteroatoms. The Bertz CT molecular complexity index is 863. The van der Waals surface area contributed by atoms with Gasteiger partial charge in [0.1, 0.15) is 23.2 Å². The lowest BCUT2D eigenvalue weighted by molar-refractivity contribution is -0.301. The van der Waals surface area contributed by atoms with Crippen molar-refractivity contribution in [2.75, 3.05) is 11.9 Å². The number of esters is 1. The van der Waals surface area contributed by atoms with Crippen molar-refractivity contribution >= 4 is 11.8 Å². The summed E-state index contributed by atoms with van der Waals surface area (Å²) >= 11 is 0. The number of rotatable bonds is 4. The highest BCUT2D eigenvalue weighted by molar-refractivity contribution is 5.94. The van der Waals surface area contributed by atoms with Crippen LogP contribution >= 0.6 is 0 Å². The second-order valence-electron chi connectivity index (χ2n) is 6.19. The molecule has 152 valence electrons. The smallest absolute Gasteiger partial charge is 0.455 e. The normalized spacial score (nSPS) is 19.7. The number of anilines is 1. The van der Waals surface area contributed by atoms with Crippen molar-refractivity contribution in [3.8, 4) is 0 Å². The van der Waals surface area contributed by atoms with Gasteiger partial charge in [0.25, 0.3) is 0 Å². The summed E-state index contributed by atoms with van der Waals surface area (Å²) in [6, 6.07) is 1.23. The minimum Gasteiger partial charge on any atom is -0.462 e. The van der Waals surface area contributed by atoms with Gasteiger partial charge in [-0.25, -0.2) is 13.9 Å². The second kappa shape index (κ2) is 7.02. The molecule has 5 nitrogen and oxygen atoms in total. The van der Waals surface area contributed by atoms with E-state index in [1.807, 2.05) is 0 Å². The van der Waals surface area contributed by atoms with Crippen molar-refractivity contribution in [3.05, 3.63) is 47.4 Å². The summed E-state index contributed by atoms with van der Waals surface area (Å²) in [7, 11) is 0. The molecule has 1 aliphatic heterocycles. The summed E-state index contributed by atoms with van der Waals surface area (Å²) < 4.78 is 85.9. The van der Waals surface area contributed by atoms with Gasteiger partial charge in [-0.3, -0.25) is 0 Å². The Kier molecular flexibility index (Phi) is 5.02. The average Bonchev–Trinajstić information content (AvgIpc) is 3.04. The molecule has 1 aliphatic rings. The van der Waals surface area contributed by atoms with E-state index < -0.39 is 42.4 Å². The van der Waals surface area contributed by atoms with Crippen LogP contribution in [0.5, 0.6) is 0 Å². The fourth-order valence-corrected chi connectivity index (χ4v) is 3.05. The first-order valence-electron chi connectivity index (χ1n) is 8.27. The molecule has 28 heavy (non-hydrogen) atoms. The standard InChI is InChI=1S/C17H15F6N3O2/c1-2-28-15(27)11-8-24-26-13(16(19,20)17(21,22)23)7-12(25-14(11)26)9-3-5-10(18)6-4-9/h3-6,8,12-13,25H,2,7H2,1H3/t12-,13+/m1/s1. The number of benzene rings is 1. The topological polar surface area (TPSA) is 56.1 Å². The zero-order valence-electron chi connectivity index (χ0n) is 14.4. The van der Waals surface area contributed by atoms with E-state index in [1.165, 1.54) is 19.1 Å². The highest BCUT2D eigenvalue weighted by atomic mass is 19.4. The fraction of sp³-hybridized carbons (Fsp3) is 0.412. The molecule has 1 aromatic carbocycles. The SMILES string of the molecule is CCOC(=O)c1cnn2c1N[C@@H](c1ccc(F)cc1)C[C@H]2C(F)(F)C(F)(F)F.